The van der Waals surface area contributed by atoms with Gasteiger partial charge in [-0.05, 0) is 43.7 Å². The van der Waals surface area contributed by atoms with Crippen LogP contribution in [0.2, 0.25) is 5.15 Å². The number of nitrogens with zero attached hydrogens (tertiary/aromatic N) is 2. The van der Waals surface area contributed by atoms with Crippen molar-refractivity contribution in [1.82, 2.24) is 9.88 Å². The van der Waals surface area contributed by atoms with Crippen molar-refractivity contribution in [3.63, 3.8) is 0 Å². The second-order valence-corrected chi connectivity index (χ2v) is 5.98. The highest BCUT2D eigenvalue weighted by atomic mass is 35.5. The van der Waals surface area contributed by atoms with Crippen molar-refractivity contribution >= 4 is 23.3 Å². The fourth-order valence-corrected chi connectivity index (χ4v) is 3.44. The molecule has 1 aliphatic heterocycles. The number of aromatic nitrogens is 1. The van der Waals surface area contributed by atoms with E-state index >= 15 is 0 Å². The molecule has 2 atom stereocenters. The molecule has 102 valence electrons. The van der Waals surface area contributed by atoms with E-state index < -0.39 is 0 Å². The Kier molecular flexibility index (Phi) is 3.35. The third-order valence-electron chi connectivity index (χ3n) is 4.23. The van der Waals surface area contributed by atoms with Gasteiger partial charge in [0.05, 0.1) is 11.9 Å². The van der Waals surface area contributed by atoms with Gasteiger partial charge in [0.25, 0.3) is 0 Å². The maximum Gasteiger partial charge on any atom is 0.322 e. The molecule has 19 heavy (non-hydrogen) atoms. The van der Waals surface area contributed by atoms with Gasteiger partial charge in [-0.2, -0.15) is 0 Å². The van der Waals surface area contributed by atoms with Gasteiger partial charge < -0.3 is 10.2 Å². The molecule has 2 fully saturated rings. The molecule has 1 aromatic heterocycles. The van der Waals surface area contributed by atoms with Crippen molar-refractivity contribution in [2.24, 2.45) is 5.92 Å². The molecule has 2 aliphatic rings. The molecule has 0 radical (unpaired) electrons. The normalized spacial score (nSPS) is 25.5. The number of carbonyl (C=O) groups excluding carboxylic acids is 1. The van der Waals surface area contributed by atoms with Crippen LogP contribution >= 0.6 is 11.6 Å². The van der Waals surface area contributed by atoms with Crippen molar-refractivity contribution in [3.8, 4) is 0 Å². The number of rotatable bonds is 1. The maximum atomic E-state index is 12.3. The van der Waals surface area contributed by atoms with Crippen LogP contribution in [0.5, 0.6) is 0 Å². The molecule has 1 saturated heterocycles. The third kappa shape index (κ3) is 2.54. The lowest BCUT2D eigenvalue weighted by molar-refractivity contribution is 0.204. The summed E-state index contributed by atoms with van der Waals surface area (Å²) >= 11 is 5.82. The molecule has 5 heteroatoms. The molecule has 3 rings (SSSR count). The fourth-order valence-electron chi connectivity index (χ4n) is 3.23. The van der Waals surface area contributed by atoms with Crippen molar-refractivity contribution in [2.45, 2.75) is 38.6 Å². The molecule has 2 unspecified atom stereocenters. The van der Waals surface area contributed by atoms with E-state index in [0.29, 0.717) is 17.1 Å². The topological polar surface area (TPSA) is 45.2 Å². The van der Waals surface area contributed by atoms with Crippen LogP contribution in [0.1, 0.15) is 31.2 Å². The SMILES string of the molecule is Cc1cc(Cl)ncc1NC(=O)N1CC2CCCC1C2. The molecule has 0 aromatic carbocycles. The smallest absolute Gasteiger partial charge is 0.321 e. The second-order valence-electron chi connectivity index (χ2n) is 5.59. The Bertz CT molecular complexity index is 505. The van der Waals surface area contributed by atoms with Crippen LogP contribution in [0.15, 0.2) is 12.3 Å². The monoisotopic (exact) mass is 279 g/mol. The van der Waals surface area contributed by atoms with Crippen LogP contribution in [-0.4, -0.2) is 28.5 Å². The summed E-state index contributed by atoms with van der Waals surface area (Å²) in [5.41, 5.74) is 1.69. The summed E-state index contributed by atoms with van der Waals surface area (Å²) in [5.74, 6) is 0.703. The lowest BCUT2D eigenvalue weighted by Crippen LogP contribution is -2.38. The summed E-state index contributed by atoms with van der Waals surface area (Å²) in [6.45, 7) is 2.82. The molecule has 2 amide bonds. The van der Waals surface area contributed by atoms with Crippen LogP contribution < -0.4 is 5.32 Å². The van der Waals surface area contributed by atoms with Crippen LogP contribution in [-0.2, 0) is 0 Å². The number of aryl methyl sites for hydroxylation is 1. The molecule has 1 saturated carbocycles. The van der Waals surface area contributed by atoms with Crippen LogP contribution in [0.3, 0.4) is 0 Å². The predicted molar refractivity (Wildman–Crippen MR) is 75.5 cm³/mol. The number of anilines is 1. The van der Waals surface area contributed by atoms with Gasteiger partial charge in [-0.1, -0.05) is 18.0 Å². The van der Waals surface area contributed by atoms with E-state index in [1.807, 2.05) is 11.8 Å². The molecular weight excluding hydrogens is 262 g/mol. The molecule has 1 aliphatic carbocycles. The number of urea groups is 1. The van der Waals surface area contributed by atoms with E-state index in [2.05, 4.69) is 10.3 Å². The van der Waals surface area contributed by atoms with Crippen molar-refractivity contribution in [2.75, 3.05) is 11.9 Å². The summed E-state index contributed by atoms with van der Waals surface area (Å²) in [6, 6.07) is 2.19. The first-order valence-electron chi connectivity index (χ1n) is 6.83. The Balaban J connectivity index is 1.71. The van der Waals surface area contributed by atoms with E-state index in [4.69, 9.17) is 11.6 Å². The summed E-state index contributed by atoms with van der Waals surface area (Å²) in [7, 11) is 0. The number of likely N-dealkylation sites (tertiary alicyclic amines) is 1. The summed E-state index contributed by atoms with van der Waals surface area (Å²) in [6.07, 6.45) is 6.45. The zero-order valence-corrected chi connectivity index (χ0v) is 11.8. The Labute approximate surface area is 118 Å². The number of nitrogens with one attached hydrogen (secondary N) is 1. The van der Waals surface area contributed by atoms with Crippen LogP contribution in [0.25, 0.3) is 0 Å². The van der Waals surface area contributed by atoms with Gasteiger partial charge in [0.1, 0.15) is 5.15 Å². The quantitative estimate of drug-likeness (QED) is 0.800. The lowest BCUT2D eigenvalue weighted by atomic mass is 9.91. The molecular formula is C14H18ClN3O. The number of hydrogen-bond donors (Lipinski definition) is 1. The van der Waals surface area contributed by atoms with E-state index in [1.54, 1.807) is 12.3 Å². The van der Waals surface area contributed by atoms with Gasteiger partial charge in [-0.3, -0.25) is 0 Å². The van der Waals surface area contributed by atoms with E-state index in [9.17, 15) is 4.79 Å². The fraction of sp³-hybridized carbons (Fsp3) is 0.571. The molecule has 4 nitrogen and oxygen atoms in total. The summed E-state index contributed by atoms with van der Waals surface area (Å²) in [4.78, 5) is 18.4. The Morgan fingerprint density at radius 3 is 3.11 bits per heavy atom. The van der Waals surface area contributed by atoms with Crippen molar-refractivity contribution < 1.29 is 4.79 Å². The van der Waals surface area contributed by atoms with Crippen molar-refractivity contribution in [3.05, 3.63) is 23.0 Å². The number of hydrogen-bond acceptors (Lipinski definition) is 2. The summed E-state index contributed by atoms with van der Waals surface area (Å²) in [5, 5.41) is 3.41. The first-order chi connectivity index (χ1) is 9.13. The molecule has 2 heterocycles. The third-order valence-corrected chi connectivity index (χ3v) is 4.44. The van der Waals surface area contributed by atoms with Crippen LogP contribution in [0.4, 0.5) is 10.5 Å². The van der Waals surface area contributed by atoms with Gasteiger partial charge in [0.15, 0.2) is 0 Å². The van der Waals surface area contributed by atoms with E-state index in [1.165, 1.54) is 19.3 Å². The predicted octanol–water partition coefficient (Wildman–Crippen LogP) is 3.45. The number of amides is 2. The number of carbonyl (C=O) groups is 1. The minimum Gasteiger partial charge on any atom is -0.321 e. The van der Waals surface area contributed by atoms with Gasteiger partial charge in [0, 0.05) is 12.6 Å². The molecule has 2 bridgehead atoms. The number of pyridine rings is 1. The van der Waals surface area contributed by atoms with Crippen LogP contribution in [0, 0.1) is 12.8 Å². The minimum absolute atomic E-state index is 0.00150. The van der Waals surface area contributed by atoms with Gasteiger partial charge in [-0.25, -0.2) is 9.78 Å². The average Bonchev–Trinajstić information content (AvgIpc) is 2.68. The zero-order valence-electron chi connectivity index (χ0n) is 11.0. The summed E-state index contributed by atoms with van der Waals surface area (Å²) < 4.78 is 0. The largest absolute Gasteiger partial charge is 0.322 e. The molecule has 1 aromatic rings. The standard InChI is InChI=1S/C14H18ClN3O/c1-9-5-13(15)16-7-12(9)17-14(19)18-8-10-3-2-4-11(18)6-10/h5,7,10-11H,2-4,6,8H2,1H3,(H,17,19). The highest BCUT2D eigenvalue weighted by Crippen LogP contribution is 2.35. The van der Waals surface area contributed by atoms with E-state index in [0.717, 1.165) is 24.2 Å². The highest BCUT2D eigenvalue weighted by molar-refractivity contribution is 6.29. The van der Waals surface area contributed by atoms with Crippen molar-refractivity contribution in [1.29, 1.82) is 0 Å². The minimum atomic E-state index is 0.00150. The maximum absolute atomic E-state index is 12.3. The zero-order chi connectivity index (χ0) is 13.4. The molecule has 1 N–H and O–H groups in total. The first-order valence-corrected chi connectivity index (χ1v) is 7.21. The average molecular weight is 280 g/mol. The van der Waals surface area contributed by atoms with Gasteiger partial charge in [-0.15, -0.1) is 0 Å². The van der Waals surface area contributed by atoms with E-state index in [-0.39, 0.29) is 6.03 Å². The Hall–Kier alpha value is -1.29. The highest BCUT2D eigenvalue weighted by Gasteiger charge is 2.37. The van der Waals surface area contributed by atoms with Gasteiger partial charge in [0.2, 0.25) is 0 Å². The number of halogens is 1. The Morgan fingerprint density at radius 1 is 1.53 bits per heavy atom. The number of fused-ring (bicyclic) bond motifs is 2. The second kappa shape index (κ2) is 5.00. The van der Waals surface area contributed by atoms with Gasteiger partial charge >= 0.3 is 6.03 Å². The first kappa shape index (κ1) is 12.7. The lowest BCUT2D eigenvalue weighted by Gasteiger charge is -2.25. The Morgan fingerprint density at radius 2 is 2.37 bits per heavy atom. The molecule has 0 spiro atoms.